The summed E-state index contributed by atoms with van der Waals surface area (Å²) >= 11 is 0. The third kappa shape index (κ3) is 4.81. The van der Waals surface area contributed by atoms with Gasteiger partial charge in [-0.25, -0.2) is 4.79 Å². The Bertz CT molecular complexity index is 1640. The number of carboxylic acid groups (broad SMARTS) is 1. The third-order valence-corrected chi connectivity index (χ3v) is 8.38. The summed E-state index contributed by atoms with van der Waals surface area (Å²) in [5, 5.41) is 13.9. The van der Waals surface area contributed by atoms with Crippen LogP contribution in [0, 0.1) is 25.7 Å². The Balaban J connectivity index is 1.20. The van der Waals surface area contributed by atoms with Crippen molar-refractivity contribution in [2.24, 2.45) is 11.8 Å². The lowest BCUT2D eigenvalue weighted by molar-refractivity contribution is 0.0697. The molecule has 196 valence electrons. The minimum Gasteiger partial charge on any atom is -0.478 e. The van der Waals surface area contributed by atoms with Crippen LogP contribution in [0.15, 0.2) is 91.0 Å². The highest BCUT2D eigenvalue weighted by Crippen LogP contribution is 2.41. The van der Waals surface area contributed by atoms with Crippen molar-refractivity contribution in [1.29, 1.82) is 0 Å². The molecule has 1 fully saturated rings. The van der Waals surface area contributed by atoms with Crippen LogP contribution in [0.3, 0.4) is 0 Å². The fourth-order valence-electron chi connectivity index (χ4n) is 5.91. The number of allylic oxidation sites excluding steroid dienone is 4. The SMILES string of the molecule is Cc1c(C)n(Cc2ccc(-c3ccccc3C(=O)O)cc2)c2ccc(C(=O)N[C@@H]3C[C@H]3C3C=CC=CC3)cc12. The van der Waals surface area contributed by atoms with Crippen LogP contribution in [0.2, 0.25) is 0 Å². The van der Waals surface area contributed by atoms with E-state index in [2.05, 4.69) is 66.2 Å². The van der Waals surface area contributed by atoms with Crippen LogP contribution in [0.1, 0.15) is 50.4 Å². The van der Waals surface area contributed by atoms with Crippen molar-refractivity contribution in [2.45, 2.75) is 39.3 Å². The van der Waals surface area contributed by atoms with E-state index in [4.69, 9.17) is 0 Å². The molecule has 1 aromatic heterocycles. The van der Waals surface area contributed by atoms with Gasteiger partial charge < -0.3 is 15.0 Å². The first-order valence-corrected chi connectivity index (χ1v) is 13.6. The number of rotatable bonds is 7. The van der Waals surface area contributed by atoms with Crippen molar-refractivity contribution in [3.8, 4) is 11.1 Å². The number of amides is 1. The maximum atomic E-state index is 13.1. The van der Waals surface area contributed by atoms with Crippen LogP contribution in [-0.4, -0.2) is 27.6 Å². The van der Waals surface area contributed by atoms with E-state index in [-0.39, 0.29) is 11.9 Å². The van der Waals surface area contributed by atoms with Crippen molar-refractivity contribution < 1.29 is 14.7 Å². The van der Waals surface area contributed by atoms with Gasteiger partial charge in [0.15, 0.2) is 0 Å². The van der Waals surface area contributed by atoms with Crippen LogP contribution < -0.4 is 5.32 Å². The predicted octanol–water partition coefficient (Wildman–Crippen LogP) is 6.92. The van der Waals surface area contributed by atoms with Crippen molar-refractivity contribution in [3.63, 3.8) is 0 Å². The number of hydrogen-bond donors (Lipinski definition) is 2. The summed E-state index contributed by atoms with van der Waals surface area (Å²) in [6.45, 7) is 4.92. The van der Waals surface area contributed by atoms with Crippen molar-refractivity contribution in [1.82, 2.24) is 9.88 Å². The lowest BCUT2D eigenvalue weighted by Crippen LogP contribution is -2.27. The van der Waals surface area contributed by atoms with Gasteiger partial charge in [-0.2, -0.15) is 0 Å². The number of hydrogen-bond acceptors (Lipinski definition) is 2. The van der Waals surface area contributed by atoms with Crippen molar-refractivity contribution in [2.75, 3.05) is 0 Å². The zero-order valence-corrected chi connectivity index (χ0v) is 22.2. The van der Waals surface area contributed by atoms with Gasteiger partial charge in [-0.1, -0.05) is 66.8 Å². The largest absolute Gasteiger partial charge is 0.478 e. The van der Waals surface area contributed by atoms with Gasteiger partial charge in [-0.3, -0.25) is 4.79 Å². The summed E-state index contributed by atoms with van der Waals surface area (Å²) in [6, 6.07) is 21.4. The van der Waals surface area contributed by atoms with Crippen LogP contribution in [0.25, 0.3) is 22.0 Å². The van der Waals surface area contributed by atoms with Gasteiger partial charge in [-0.05, 0) is 85.0 Å². The zero-order valence-electron chi connectivity index (χ0n) is 22.2. The Morgan fingerprint density at radius 2 is 1.79 bits per heavy atom. The quantitative estimate of drug-likeness (QED) is 0.280. The molecule has 0 radical (unpaired) electrons. The first-order valence-electron chi connectivity index (χ1n) is 13.6. The van der Waals surface area contributed by atoms with E-state index in [0.717, 1.165) is 34.9 Å². The molecule has 2 aliphatic carbocycles. The number of carboxylic acids is 1. The standard InChI is InChI=1S/C34H32N2O3/c1-21-22(2)36(20-23-12-14-25(15-13-23)27-10-6-7-11-28(27)34(38)39)32-17-16-26(18-29(21)32)33(37)35-31-19-30(31)24-8-4-3-5-9-24/h3-8,10-18,24,30-31H,9,19-20H2,1-2H3,(H,35,37)(H,38,39)/t24?,30-,31+/m0/s1. The second-order valence-corrected chi connectivity index (χ2v) is 10.8. The smallest absolute Gasteiger partial charge is 0.336 e. The maximum absolute atomic E-state index is 13.1. The van der Waals surface area contributed by atoms with Gasteiger partial charge in [0, 0.05) is 34.7 Å². The van der Waals surface area contributed by atoms with E-state index < -0.39 is 5.97 Å². The first-order chi connectivity index (χ1) is 18.9. The molecular weight excluding hydrogens is 484 g/mol. The molecule has 3 atom stereocenters. The minimum absolute atomic E-state index is 0.00163. The summed E-state index contributed by atoms with van der Waals surface area (Å²) in [6.07, 6.45) is 10.8. The molecule has 1 amide bonds. The molecule has 1 saturated carbocycles. The Morgan fingerprint density at radius 1 is 1.00 bits per heavy atom. The number of aromatic nitrogens is 1. The molecule has 3 aromatic carbocycles. The van der Waals surface area contributed by atoms with Crippen molar-refractivity contribution in [3.05, 3.63) is 119 Å². The average Bonchev–Trinajstić information content (AvgIpc) is 3.70. The lowest BCUT2D eigenvalue weighted by Gasteiger charge is -2.13. The number of carbonyl (C=O) groups is 2. The van der Waals surface area contributed by atoms with E-state index in [1.807, 2.05) is 36.4 Å². The van der Waals surface area contributed by atoms with Crippen molar-refractivity contribution >= 4 is 22.8 Å². The molecular formula is C34H32N2O3. The van der Waals surface area contributed by atoms with Gasteiger partial charge in [0.2, 0.25) is 0 Å². The molecule has 0 saturated heterocycles. The Hall–Kier alpha value is -4.38. The summed E-state index contributed by atoms with van der Waals surface area (Å²) < 4.78 is 2.28. The molecule has 39 heavy (non-hydrogen) atoms. The molecule has 4 aromatic rings. The van der Waals surface area contributed by atoms with E-state index >= 15 is 0 Å². The topological polar surface area (TPSA) is 71.3 Å². The Kier molecular flexibility index (Phi) is 6.43. The number of fused-ring (bicyclic) bond motifs is 1. The number of aryl methyl sites for hydroxylation is 1. The molecule has 2 aliphatic rings. The molecule has 6 rings (SSSR count). The van der Waals surface area contributed by atoms with Gasteiger partial charge >= 0.3 is 5.97 Å². The lowest BCUT2D eigenvalue weighted by atomic mass is 9.95. The molecule has 0 spiro atoms. The molecule has 2 N–H and O–H groups in total. The highest BCUT2D eigenvalue weighted by Gasteiger charge is 2.42. The maximum Gasteiger partial charge on any atom is 0.336 e. The molecule has 5 heteroatoms. The minimum atomic E-state index is -0.927. The number of aromatic carboxylic acids is 1. The fourth-order valence-corrected chi connectivity index (χ4v) is 5.91. The summed E-state index contributed by atoms with van der Waals surface area (Å²) in [5.41, 5.74) is 7.17. The second kappa shape index (κ2) is 10.1. The van der Waals surface area contributed by atoms with Gasteiger partial charge in [0.1, 0.15) is 0 Å². The van der Waals surface area contributed by atoms with Crippen LogP contribution >= 0.6 is 0 Å². The summed E-state index contributed by atoms with van der Waals surface area (Å²) in [7, 11) is 0. The van der Waals surface area contributed by atoms with E-state index in [9.17, 15) is 14.7 Å². The normalized spacial score (nSPS) is 19.8. The molecule has 1 unspecified atom stereocenters. The van der Waals surface area contributed by atoms with Gasteiger partial charge in [-0.15, -0.1) is 0 Å². The van der Waals surface area contributed by atoms with Crippen LogP contribution in [0.4, 0.5) is 0 Å². The molecule has 0 aliphatic heterocycles. The van der Waals surface area contributed by atoms with E-state index in [1.54, 1.807) is 12.1 Å². The molecule has 0 bridgehead atoms. The van der Waals surface area contributed by atoms with Gasteiger partial charge in [0.25, 0.3) is 5.91 Å². The monoisotopic (exact) mass is 516 g/mol. The average molecular weight is 517 g/mol. The summed E-state index contributed by atoms with van der Waals surface area (Å²) in [5.74, 6) is 0.140. The summed E-state index contributed by atoms with van der Waals surface area (Å²) in [4.78, 5) is 24.7. The van der Waals surface area contributed by atoms with Crippen LogP contribution in [0.5, 0.6) is 0 Å². The molecule has 1 heterocycles. The Labute approximate surface area is 228 Å². The van der Waals surface area contributed by atoms with E-state index in [0.29, 0.717) is 35.1 Å². The Morgan fingerprint density at radius 3 is 2.54 bits per heavy atom. The van der Waals surface area contributed by atoms with Gasteiger partial charge in [0.05, 0.1) is 5.56 Å². The van der Waals surface area contributed by atoms with Crippen LogP contribution in [-0.2, 0) is 6.54 Å². The number of nitrogens with zero attached hydrogens (tertiary/aromatic N) is 1. The second-order valence-electron chi connectivity index (χ2n) is 10.8. The highest BCUT2D eigenvalue weighted by atomic mass is 16.4. The number of carbonyl (C=O) groups excluding carboxylic acids is 1. The third-order valence-electron chi connectivity index (χ3n) is 8.38. The number of benzene rings is 3. The van der Waals surface area contributed by atoms with E-state index in [1.165, 1.54) is 11.3 Å². The fraction of sp³-hybridized carbons (Fsp3) is 0.235. The zero-order chi connectivity index (χ0) is 27.1. The predicted molar refractivity (Wildman–Crippen MR) is 155 cm³/mol. The first kappa shape index (κ1) is 24.9. The highest BCUT2D eigenvalue weighted by molar-refractivity contribution is 5.99. The number of nitrogens with one attached hydrogen (secondary N) is 1. The molecule has 5 nitrogen and oxygen atoms in total.